The summed E-state index contributed by atoms with van der Waals surface area (Å²) in [7, 11) is 0. The fourth-order valence-electron chi connectivity index (χ4n) is 1.55. The van der Waals surface area contributed by atoms with Crippen molar-refractivity contribution >= 4 is 22.9 Å². The van der Waals surface area contributed by atoms with E-state index in [2.05, 4.69) is 31.3 Å². The summed E-state index contributed by atoms with van der Waals surface area (Å²) in [6.07, 6.45) is 0.450. The first kappa shape index (κ1) is 7.27. The molecule has 58 valence electrons. The summed E-state index contributed by atoms with van der Waals surface area (Å²) in [5.41, 5.74) is 0. The zero-order valence-electron chi connectivity index (χ0n) is 5.72. The molecule has 2 aliphatic heterocycles. The van der Waals surface area contributed by atoms with Crippen molar-refractivity contribution in [1.82, 2.24) is 8.43 Å². The summed E-state index contributed by atoms with van der Waals surface area (Å²) >= 11 is 2.39. The highest BCUT2D eigenvalue weighted by atomic mass is 127. The molecule has 2 aliphatic rings. The number of hydrogen-bond donors (Lipinski definition) is 1. The Morgan fingerprint density at radius 3 is 3.20 bits per heavy atom. The van der Waals surface area contributed by atoms with Crippen LogP contribution in [0.4, 0.5) is 0 Å². The van der Waals surface area contributed by atoms with Gasteiger partial charge in [-0.15, -0.1) is 0 Å². The van der Waals surface area contributed by atoms with Gasteiger partial charge < -0.3 is 10.1 Å². The molecular formula is C6H11IN2O. The third-order valence-electron chi connectivity index (χ3n) is 2.12. The van der Waals surface area contributed by atoms with Crippen LogP contribution in [-0.2, 0) is 4.74 Å². The second kappa shape index (κ2) is 2.92. The lowest BCUT2D eigenvalue weighted by Crippen LogP contribution is -2.45. The predicted octanol–water partition coefficient (Wildman–Crippen LogP) is 0.00900. The van der Waals surface area contributed by atoms with E-state index in [4.69, 9.17) is 4.74 Å². The first-order valence-corrected chi connectivity index (χ1v) is 4.59. The van der Waals surface area contributed by atoms with E-state index in [9.17, 15) is 0 Å². The Morgan fingerprint density at radius 2 is 2.40 bits per heavy atom. The molecule has 0 aromatic heterocycles. The van der Waals surface area contributed by atoms with E-state index < -0.39 is 0 Å². The van der Waals surface area contributed by atoms with Crippen molar-refractivity contribution in [1.29, 1.82) is 0 Å². The van der Waals surface area contributed by atoms with Crippen molar-refractivity contribution in [3.63, 3.8) is 0 Å². The summed E-state index contributed by atoms with van der Waals surface area (Å²) in [5, 5.41) is 3.32. The van der Waals surface area contributed by atoms with Gasteiger partial charge in [-0.25, -0.2) is 3.11 Å². The normalized spacial score (nSPS) is 41.7. The molecule has 4 heteroatoms. The van der Waals surface area contributed by atoms with Crippen LogP contribution in [0.3, 0.4) is 0 Å². The number of rotatable bonds is 0. The number of fused-ring (bicyclic) bond motifs is 1. The van der Waals surface area contributed by atoms with Crippen LogP contribution in [0.1, 0.15) is 0 Å². The minimum atomic E-state index is 0.450. The molecule has 3 nitrogen and oxygen atoms in total. The van der Waals surface area contributed by atoms with E-state index in [0.29, 0.717) is 12.1 Å². The lowest BCUT2D eigenvalue weighted by atomic mass is 10.2. The Bertz CT molecular complexity index is 133. The van der Waals surface area contributed by atoms with Gasteiger partial charge in [0.1, 0.15) is 0 Å². The molecule has 10 heavy (non-hydrogen) atoms. The van der Waals surface area contributed by atoms with Crippen LogP contribution >= 0.6 is 22.9 Å². The van der Waals surface area contributed by atoms with E-state index in [0.717, 1.165) is 26.2 Å². The molecular weight excluding hydrogens is 243 g/mol. The van der Waals surface area contributed by atoms with E-state index in [-0.39, 0.29) is 0 Å². The van der Waals surface area contributed by atoms with Crippen molar-refractivity contribution in [3.05, 3.63) is 0 Å². The monoisotopic (exact) mass is 254 g/mol. The van der Waals surface area contributed by atoms with Gasteiger partial charge in [0.05, 0.1) is 18.8 Å². The Labute approximate surface area is 74.6 Å². The van der Waals surface area contributed by atoms with Crippen molar-refractivity contribution in [2.45, 2.75) is 12.1 Å². The van der Waals surface area contributed by atoms with E-state index in [1.54, 1.807) is 0 Å². The number of halogens is 1. The molecule has 0 saturated carbocycles. The van der Waals surface area contributed by atoms with E-state index in [1.165, 1.54) is 0 Å². The summed E-state index contributed by atoms with van der Waals surface area (Å²) in [4.78, 5) is 0. The molecule has 2 heterocycles. The van der Waals surface area contributed by atoms with Gasteiger partial charge in [-0.2, -0.15) is 0 Å². The molecule has 0 aliphatic carbocycles. The number of ether oxygens (including phenoxy) is 1. The SMILES string of the molecule is IN1CCOC2CNCC21. The van der Waals surface area contributed by atoms with Gasteiger partial charge in [-0.05, 0) is 0 Å². The van der Waals surface area contributed by atoms with Crippen molar-refractivity contribution < 1.29 is 4.74 Å². The fourth-order valence-corrected chi connectivity index (χ4v) is 2.30. The fraction of sp³-hybridized carbons (Fsp3) is 1.00. The maximum absolute atomic E-state index is 5.56. The van der Waals surface area contributed by atoms with E-state index in [1.807, 2.05) is 0 Å². The third-order valence-corrected chi connectivity index (χ3v) is 3.32. The standard InChI is InChI=1S/C6H11IN2O/c7-9-1-2-10-6-4-8-3-5(6)9/h5-6,8H,1-4H2. The number of nitrogens with zero attached hydrogens (tertiary/aromatic N) is 1. The molecule has 0 spiro atoms. The van der Waals surface area contributed by atoms with Crippen LogP contribution in [0.5, 0.6) is 0 Å². The number of morpholine rings is 1. The summed E-state index contributed by atoms with van der Waals surface area (Å²) < 4.78 is 7.92. The molecule has 2 rings (SSSR count). The van der Waals surface area contributed by atoms with Crippen LogP contribution in [0.25, 0.3) is 0 Å². The molecule has 2 saturated heterocycles. The highest BCUT2D eigenvalue weighted by molar-refractivity contribution is 14.1. The Hall–Kier alpha value is 0.610. The van der Waals surface area contributed by atoms with Gasteiger partial charge >= 0.3 is 0 Å². The summed E-state index contributed by atoms with van der Waals surface area (Å²) in [5.74, 6) is 0. The minimum absolute atomic E-state index is 0.450. The molecule has 1 N–H and O–H groups in total. The zero-order chi connectivity index (χ0) is 6.97. The van der Waals surface area contributed by atoms with E-state index >= 15 is 0 Å². The highest BCUT2D eigenvalue weighted by Gasteiger charge is 2.34. The van der Waals surface area contributed by atoms with Crippen molar-refractivity contribution in [2.24, 2.45) is 0 Å². The Kier molecular flexibility index (Phi) is 2.13. The van der Waals surface area contributed by atoms with Gasteiger partial charge in [0.25, 0.3) is 0 Å². The average Bonchev–Trinajstić information content (AvgIpc) is 2.36. The second-order valence-electron chi connectivity index (χ2n) is 2.76. The molecule has 2 atom stereocenters. The first-order chi connectivity index (χ1) is 4.88. The zero-order valence-corrected chi connectivity index (χ0v) is 7.87. The van der Waals surface area contributed by atoms with Crippen LogP contribution in [0.2, 0.25) is 0 Å². The third kappa shape index (κ3) is 1.17. The van der Waals surface area contributed by atoms with Gasteiger partial charge in [0, 0.05) is 42.5 Å². The number of hydrogen-bond acceptors (Lipinski definition) is 3. The first-order valence-electron chi connectivity index (χ1n) is 3.62. The lowest BCUT2D eigenvalue weighted by Gasteiger charge is -2.31. The molecule has 0 amide bonds. The predicted molar refractivity (Wildman–Crippen MR) is 47.1 cm³/mol. The molecule has 0 aromatic carbocycles. The van der Waals surface area contributed by atoms with Gasteiger partial charge in [-0.3, -0.25) is 0 Å². The maximum atomic E-state index is 5.56. The van der Waals surface area contributed by atoms with Gasteiger partial charge in [-0.1, -0.05) is 0 Å². The van der Waals surface area contributed by atoms with Crippen LogP contribution in [-0.4, -0.2) is 41.5 Å². The largest absolute Gasteiger partial charge is 0.374 e. The number of nitrogens with one attached hydrogen (secondary N) is 1. The maximum Gasteiger partial charge on any atom is 0.0875 e. The average molecular weight is 254 g/mol. The summed E-state index contributed by atoms with van der Waals surface area (Å²) in [6.45, 7) is 4.09. The topological polar surface area (TPSA) is 24.5 Å². The van der Waals surface area contributed by atoms with Gasteiger partial charge in [0.2, 0.25) is 0 Å². The smallest absolute Gasteiger partial charge is 0.0875 e. The van der Waals surface area contributed by atoms with Gasteiger partial charge in [0.15, 0.2) is 0 Å². The Morgan fingerprint density at radius 1 is 1.50 bits per heavy atom. The van der Waals surface area contributed by atoms with Crippen LogP contribution in [0, 0.1) is 0 Å². The molecule has 2 fully saturated rings. The Balaban J connectivity index is 2.03. The minimum Gasteiger partial charge on any atom is -0.374 e. The van der Waals surface area contributed by atoms with Crippen LogP contribution < -0.4 is 5.32 Å². The van der Waals surface area contributed by atoms with Crippen molar-refractivity contribution in [2.75, 3.05) is 26.2 Å². The lowest BCUT2D eigenvalue weighted by molar-refractivity contribution is -0.00515. The molecule has 0 bridgehead atoms. The molecule has 2 unspecified atom stereocenters. The molecule has 0 radical (unpaired) electrons. The van der Waals surface area contributed by atoms with Crippen molar-refractivity contribution in [3.8, 4) is 0 Å². The highest BCUT2D eigenvalue weighted by Crippen LogP contribution is 2.20. The molecule has 0 aromatic rings. The summed E-state index contributed by atoms with van der Waals surface area (Å²) in [6, 6.07) is 0.620. The van der Waals surface area contributed by atoms with Crippen LogP contribution in [0.15, 0.2) is 0 Å². The second-order valence-corrected chi connectivity index (χ2v) is 4.00. The quantitative estimate of drug-likeness (QED) is 0.487.